The van der Waals surface area contributed by atoms with E-state index in [9.17, 15) is 9.90 Å². The van der Waals surface area contributed by atoms with E-state index in [0.717, 1.165) is 6.42 Å². The Morgan fingerprint density at radius 2 is 2.31 bits per heavy atom. The van der Waals surface area contributed by atoms with E-state index in [1.807, 2.05) is 6.92 Å². The van der Waals surface area contributed by atoms with Gasteiger partial charge in [0.2, 0.25) is 0 Å². The van der Waals surface area contributed by atoms with Gasteiger partial charge in [0.25, 0.3) is 5.91 Å². The van der Waals surface area contributed by atoms with Gasteiger partial charge in [-0.1, -0.05) is 13.0 Å². The average Bonchev–Trinajstić information content (AvgIpc) is 2.25. The summed E-state index contributed by atoms with van der Waals surface area (Å²) >= 11 is 0. The smallest absolute Gasteiger partial charge is 0.260 e. The van der Waals surface area contributed by atoms with Gasteiger partial charge in [-0.2, -0.15) is 0 Å². The number of rotatable bonds is 5. The van der Waals surface area contributed by atoms with E-state index in [0.29, 0.717) is 12.3 Å². The Morgan fingerprint density at radius 3 is 2.94 bits per heavy atom. The van der Waals surface area contributed by atoms with Crippen molar-refractivity contribution in [3.8, 4) is 11.5 Å². The van der Waals surface area contributed by atoms with E-state index >= 15 is 0 Å². The van der Waals surface area contributed by atoms with Gasteiger partial charge >= 0.3 is 0 Å². The van der Waals surface area contributed by atoms with Crippen LogP contribution in [-0.2, 0) is 4.79 Å². The lowest BCUT2D eigenvalue weighted by molar-refractivity contribution is -0.127. The fourth-order valence-corrected chi connectivity index (χ4v) is 1.21. The zero-order valence-electron chi connectivity index (χ0n) is 9.56. The standard InChI is InChI=1S/C12H17NO3/c1-3-7-13-12(15)9(2)16-11-6-4-5-10(14)8-11/h4-6,8-9,14H,3,7H2,1-2H3,(H,13,15). The minimum atomic E-state index is -0.562. The van der Waals surface area contributed by atoms with Crippen LogP contribution >= 0.6 is 0 Å². The van der Waals surface area contributed by atoms with Crippen LogP contribution in [0.25, 0.3) is 0 Å². The summed E-state index contributed by atoms with van der Waals surface area (Å²) in [5.41, 5.74) is 0. The van der Waals surface area contributed by atoms with E-state index in [1.165, 1.54) is 6.07 Å². The maximum absolute atomic E-state index is 11.5. The van der Waals surface area contributed by atoms with E-state index in [4.69, 9.17) is 4.74 Å². The molecule has 0 fully saturated rings. The van der Waals surface area contributed by atoms with Crippen molar-refractivity contribution in [3.05, 3.63) is 24.3 Å². The number of phenolic OH excluding ortho intramolecular Hbond substituents is 1. The minimum Gasteiger partial charge on any atom is -0.508 e. The molecule has 0 saturated heterocycles. The van der Waals surface area contributed by atoms with Crippen LogP contribution in [0.5, 0.6) is 11.5 Å². The SMILES string of the molecule is CCCNC(=O)C(C)Oc1cccc(O)c1. The average molecular weight is 223 g/mol. The molecule has 1 unspecified atom stereocenters. The summed E-state index contributed by atoms with van der Waals surface area (Å²) in [5.74, 6) is 0.461. The molecular weight excluding hydrogens is 206 g/mol. The maximum atomic E-state index is 11.5. The van der Waals surface area contributed by atoms with Crippen LogP contribution in [0.1, 0.15) is 20.3 Å². The molecule has 0 saturated carbocycles. The lowest BCUT2D eigenvalue weighted by Crippen LogP contribution is -2.36. The van der Waals surface area contributed by atoms with Crippen molar-refractivity contribution in [2.45, 2.75) is 26.4 Å². The third kappa shape index (κ3) is 3.81. The molecule has 0 heterocycles. The molecule has 1 rings (SSSR count). The first-order valence-corrected chi connectivity index (χ1v) is 5.37. The molecule has 1 atom stereocenters. The monoisotopic (exact) mass is 223 g/mol. The van der Waals surface area contributed by atoms with Crippen LogP contribution in [0.4, 0.5) is 0 Å². The molecule has 0 aromatic heterocycles. The fourth-order valence-electron chi connectivity index (χ4n) is 1.21. The molecule has 4 heteroatoms. The number of amides is 1. The molecule has 4 nitrogen and oxygen atoms in total. The number of phenols is 1. The summed E-state index contributed by atoms with van der Waals surface area (Å²) < 4.78 is 5.38. The normalized spacial score (nSPS) is 11.9. The molecular formula is C12H17NO3. The summed E-state index contributed by atoms with van der Waals surface area (Å²) in [6.45, 7) is 4.31. The number of aromatic hydroxyl groups is 1. The highest BCUT2D eigenvalue weighted by Gasteiger charge is 2.13. The second kappa shape index (κ2) is 6.00. The van der Waals surface area contributed by atoms with E-state index in [1.54, 1.807) is 25.1 Å². The van der Waals surface area contributed by atoms with Crippen molar-refractivity contribution in [3.63, 3.8) is 0 Å². The number of benzene rings is 1. The number of ether oxygens (including phenoxy) is 1. The van der Waals surface area contributed by atoms with Crippen LogP contribution in [0.15, 0.2) is 24.3 Å². The van der Waals surface area contributed by atoms with E-state index in [2.05, 4.69) is 5.32 Å². The summed E-state index contributed by atoms with van der Waals surface area (Å²) in [5, 5.41) is 12.0. The van der Waals surface area contributed by atoms with Crippen molar-refractivity contribution in [1.29, 1.82) is 0 Å². The van der Waals surface area contributed by atoms with Gasteiger partial charge in [-0.25, -0.2) is 0 Å². The van der Waals surface area contributed by atoms with Crippen LogP contribution in [0, 0.1) is 0 Å². The Balaban J connectivity index is 2.50. The van der Waals surface area contributed by atoms with Gasteiger partial charge in [-0.15, -0.1) is 0 Å². The van der Waals surface area contributed by atoms with Crippen molar-refractivity contribution < 1.29 is 14.6 Å². The molecule has 2 N–H and O–H groups in total. The zero-order valence-corrected chi connectivity index (χ0v) is 9.56. The molecule has 1 aromatic rings. The first-order valence-electron chi connectivity index (χ1n) is 5.37. The maximum Gasteiger partial charge on any atom is 0.260 e. The van der Waals surface area contributed by atoms with E-state index in [-0.39, 0.29) is 11.7 Å². The number of hydrogen-bond donors (Lipinski definition) is 2. The predicted octanol–water partition coefficient (Wildman–Crippen LogP) is 1.69. The topological polar surface area (TPSA) is 58.6 Å². The first kappa shape index (κ1) is 12.4. The summed E-state index contributed by atoms with van der Waals surface area (Å²) in [6, 6.07) is 6.39. The molecule has 1 aromatic carbocycles. The lowest BCUT2D eigenvalue weighted by atomic mass is 10.3. The quantitative estimate of drug-likeness (QED) is 0.798. The number of carbonyl (C=O) groups is 1. The molecule has 0 aliphatic carbocycles. The minimum absolute atomic E-state index is 0.124. The van der Waals surface area contributed by atoms with Crippen molar-refractivity contribution in [1.82, 2.24) is 5.32 Å². The van der Waals surface area contributed by atoms with Crippen molar-refractivity contribution in [2.75, 3.05) is 6.54 Å². The summed E-state index contributed by atoms with van der Waals surface area (Å²) in [7, 11) is 0. The molecule has 0 radical (unpaired) electrons. The molecule has 0 aliphatic heterocycles. The molecule has 0 spiro atoms. The summed E-state index contributed by atoms with van der Waals surface area (Å²) in [4.78, 5) is 11.5. The molecule has 1 amide bonds. The third-order valence-corrected chi connectivity index (χ3v) is 2.05. The summed E-state index contributed by atoms with van der Waals surface area (Å²) in [6.07, 6.45) is 0.332. The Labute approximate surface area is 95.2 Å². The van der Waals surface area contributed by atoms with Crippen molar-refractivity contribution in [2.24, 2.45) is 0 Å². The van der Waals surface area contributed by atoms with Gasteiger partial charge < -0.3 is 15.2 Å². The number of hydrogen-bond acceptors (Lipinski definition) is 3. The van der Waals surface area contributed by atoms with Gasteiger partial charge in [0, 0.05) is 12.6 Å². The predicted molar refractivity (Wildman–Crippen MR) is 61.5 cm³/mol. The highest BCUT2D eigenvalue weighted by Crippen LogP contribution is 2.18. The van der Waals surface area contributed by atoms with Crippen LogP contribution < -0.4 is 10.1 Å². The molecule has 16 heavy (non-hydrogen) atoms. The van der Waals surface area contributed by atoms with Crippen LogP contribution in [0.3, 0.4) is 0 Å². The molecule has 0 aliphatic rings. The Hall–Kier alpha value is -1.71. The Kier molecular flexibility index (Phi) is 4.64. The first-order chi connectivity index (χ1) is 7.63. The molecule has 88 valence electrons. The lowest BCUT2D eigenvalue weighted by Gasteiger charge is -2.14. The van der Waals surface area contributed by atoms with Crippen molar-refractivity contribution >= 4 is 5.91 Å². The largest absolute Gasteiger partial charge is 0.508 e. The molecule has 0 bridgehead atoms. The van der Waals surface area contributed by atoms with Crippen LogP contribution in [-0.4, -0.2) is 23.7 Å². The highest BCUT2D eigenvalue weighted by molar-refractivity contribution is 5.80. The van der Waals surface area contributed by atoms with Crippen LogP contribution in [0.2, 0.25) is 0 Å². The fraction of sp³-hybridized carbons (Fsp3) is 0.417. The Bertz CT molecular complexity index is 352. The van der Waals surface area contributed by atoms with Gasteiger partial charge in [0.1, 0.15) is 11.5 Å². The highest BCUT2D eigenvalue weighted by atomic mass is 16.5. The van der Waals surface area contributed by atoms with Gasteiger partial charge in [0.15, 0.2) is 6.10 Å². The van der Waals surface area contributed by atoms with Gasteiger partial charge in [-0.3, -0.25) is 4.79 Å². The van der Waals surface area contributed by atoms with E-state index < -0.39 is 6.10 Å². The number of nitrogens with one attached hydrogen (secondary N) is 1. The third-order valence-electron chi connectivity index (χ3n) is 2.05. The van der Waals surface area contributed by atoms with Gasteiger partial charge in [0.05, 0.1) is 0 Å². The zero-order chi connectivity index (χ0) is 12.0. The Morgan fingerprint density at radius 1 is 1.56 bits per heavy atom. The van der Waals surface area contributed by atoms with Gasteiger partial charge in [-0.05, 0) is 25.5 Å². The number of carbonyl (C=O) groups excluding carboxylic acids is 1. The second-order valence-corrected chi connectivity index (χ2v) is 3.55. The second-order valence-electron chi connectivity index (χ2n) is 3.55.